The lowest BCUT2D eigenvalue weighted by molar-refractivity contribution is -0.136. The Bertz CT molecular complexity index is 788. The summed E-state index contributed by atoms with van der Waals surface area (Å²) in [6, 6.07) is 7.17. The number of cyclic esters (lactones) is 1. The summed E-state index contributed by atoms with van der Waals surface area (Å²) in [7, 11) is 3.04. The number of nitriles is 1. The van der Waals surface area contributed by atoms with Gasteiger partial charge in [0.15, 0.2) is 17.3 Å². The maximum atomic E-state index is 12.0. The predicted molar refractivity (Wildman–Crippen MR) is 78.2 cm³/mol. The molecule has 23 heavy (non-hydrogen) atoms. The summed E-state index contributed by atoms with van der Waals surface area (Å²) in [5.41, 5.74) is 6.94. The van der Waals surface area contributed by atoms with E-state index in [1.165, 1.54) is 14.2 Å². The summed E-state index contributed by atoms with van der Waals surface area (Å²) < 4.78 is 20.8. The number of benzene rings is 1. The van der Waals surface area contributed by atoms with Crippen LogP contribution < -0.4 is 15.2 Å². The minimum Gasteiger partial charge on any atom is -0.493 e. The van der Waals surface area contributed by atoms with E-state index in [1.807, 2.05) is 6.07 Å². The molecule has 2 aliphatic heterocycles. The molecule has 7 heteroatoms. The third-order valence-electron chi connectivity index (χ3n) is 3.79. The van der Waals surface area contributed by atoms with Crippen LogP contribution in [0.25, 0.3) is 0 Å². The number of nitrogens with zero attached hydrogens (tertiary/aromatic N) is 1. The maximum absolute atomic E-state index is 12.0. The summed E-state index contributed by atoms with van der Waals surface area (Å²) in [5, 5.41) is 9.43. The van der Waals surface area contributed by atoms with Crippen LogP contribution in [0.15, 0.2) is 41.0 Å². The Balaban J connectivity index is 2.16. The monoisotopic (exact) mass is 314 g/mol. The number of hydrogen-bond acceptors (Lipinski definition) is 7. The summed E-state index contributed by atoms with van der Waals surface area (Å²) in [4.78, 5) is 12.0. The molecule has 1 unspecified atom stereocenters. The lowest BCUT2D eigenvalue weighted by Gasteiger charge is -2.24. The molecular formula is C16H14N2O5. The molecule has 1 aromatic rings. The van der Waals surface area contributed by atoms with Crippen molar-refractivity contribution >= 4 is 5.97 Å². The average molecular weight is 314 g/mol. The smallest absolute Gasteiger partial charge is 0.339 e. The fourth-order valence-electron chi connectivity index (χ4n) is 2.72. The Kier molecular flexibility index (Phi) is 3.58. The number of nitrogens with two attached hydrogens (primary N) is 1. The van der Waals surface area contributed by atoms with Gasteiger partial charge < -0.3 is 24.7 Å². The van der Waals surface area contributed by atoms with Crippen LogP contribution in [0.5, 0.6) is 11.5 Å². The number of hydrogen-bond donors (Lipinski definition) is 1. The van der Waals surface area contributed by atoms with Gasteiger partial charge in [-0.05, 0) is 17.7 Å². The van der Waals surface area contributed by atoms with Gasteiger partial charge >= 0.3 is 5.97 Å². The zero-order valence-electron chi connectivity index (χ0n) is 12.6. The first-order chi connectivity index (χ1) is 11.1. The zero-order chi connectivity index (χ0) is 16.6. The van der Waals surface area contributed by atoms with E-state index in [2.05, 4.69) is 0 Å². The van der Waals surface area contributed by atoms with E-state index < -0.39 is 11.9 Å². The number of carbonyl (C=O) groups is 1. The number of carbonyl (C=O) groups excluding carboxylic acids is 1. The molecule has 3 rings (SSSR count). The first-order valence-corrected chi connectivity index (χ1v) is 6.80. The van der Waals surface area contributed by atoms with Gasteiger partial charge in [-0.2, -0.15) is 5.26 Å². The van der Waals surface area contributed by atoms with Crippen LogP contribution in [-0.4, -0.2) is 26.8 Å². The van der Waals surface area contributed by atoms with E-state index in [1.54, 1.807) is 18.2 Å². The van der Waals surface area contributed by atoms with Gasteiger partial charge in [0.25, 0.3) is 0 Å². The van der Waals surface area contributed by atoms with Crippen LogP contribution in [0.2, 0.25) is 0 Å². The summed E-state index contributed by atoms with van der Waals surface area (Å²) in [5.74, 6) is 0.178. The highest BCUT2D eigenvalue weighted by atomic mass is 16.6. The van der Waals surface area contributed by atoms with Gasteiger partial charge in [0.05, 0.1) is 25.7 Å². The molecule has 2 aliphatic rings. The molecule has 0 saturated carbocycles. The minimum absolute atomic E-state index is 0.0113. The van der Waals surface area contributed by atoms with Crippen LogP contribution in [0.3, 0.4) is 0 Å². The predicted octanol–water partition coefficient (Wildman–Crippen LogP) is 1.32. The Morgan fingerprint density at radius 3 is 2.70 bits per heavy atom. The van der Waals surface area contributed by atoms with Crippen LogP contribution in [0.1, 0.15) is 11.5 Å². The first-order valence-electron chi connectivity index (χ1n) is 6.80. The van der Waals surface area contributed by atoms with E-state index in [9.17, 15) is 10.1 Å². The quantitative estimate of drug-likeness (QED) is 0.839. The number of ether oxygens (including phenoxy) is 4. The highest BCUT2D eigenvalue weighted by Crippen LogP contribution is 2.43. The molecule has 2 heterocycles. The largest absolute Gasteiger partial charge is 0.493 e. The van der Waals surface area contributed by atoms with Gasteiger partial charge in [0.2, 0.25) is 5.88 Å². The second-order valence-electron chi connectivity index (χ2n) is 4.95. The standard InChI is InChI=1S/C16H14N2O5/c1-20-10-4-3-8(5-11(10)21-2)13-9(6-17)15(18)23-12-7-22-16(19)14(12)13/h3-5,13H,7,18H2,1-2H3. The van der Waals surface area contributed by atoms with Crippen LogP contribution in [-0.2, 0) is 14.3 Å². The molecule has 118 valence electrons. The van der Waals surface area contributed by atoms with Gasteiger partial charge in [0.1, 0.15) is 18.2 Å². The second-order valence-corrected chi connectivity index (χ2v) is 4.95. The van der Waals surface area contributed by atoms with Crippen LogP contribution >= 0.6 is 0 Å². The normalized spacial score (nSPS) is 19.7. The van der Waals surface area contributed by atoms with E-state index >= 15 is 0 Å². The van der Waals surface area contributed by atoms with Crippen molar-refractivity contribution in [2.75, 3.05) is 20.8 Å². The molecule has 0 fully saturated rings. The topological polar surface area (TPSA) is 104 Å². The fraction of sp³-hybridized carbons (Fsp3) is 0.250. The van der Waals surface area contributed by atoms with Crippen molar-refractivity contribution < 1.29 is 23.7 Å². The summed E-state index contributed by atoms with van der Waals surface area (Å²) in [6.07, 6.45) is 0. The van der Waals surface area contributed by atoms with Crippen molar-refractivity contribution in [1.82, 2.24) is 0 Å². The molecule has 1 aromatic carbocycles. The highest BCUT2D eigenvalue weighted by Gasteiger charge is 2.41. The summed E-state index contributed by atoms with van der Waals surface area (Å²) in [6.45, 7) is 0.0113. The average Bonchev–Trinajstić information content (AvgIpc) is 2.93. The van der Waals surface area contributed by atoms with E-state index in [0.717, 1.165) is 0 Å². The molecule has 0 radical (unpaired) electrons. The molecular weight excluding hydrogens is 300 g/mol. The summed E-state index contributed by atoms with van der Waals surface area (Å²) >= 11 is 0. The van der Waals surface area contributed by atoms with Gasteiger partial charge in [-0.1, -0.05) is 6.07 Å². The second kappa shape index (κ2) is 5.57. The van der Waals surface area contributed by atoms with Crippen molar-refractivity contribution in [2.24, 2.45) is 5.73 Å². The SMILES string of the molecule is COc1ccc(C2C(C#N)=C(N)OC3=C2C(=O)OC3)cc1OC. The Morgan fingerprint density at radius 1 is 1.30 bits per heavy atom. The molecule has 0 bridgehead atoms. The zero-order valence-corrected chi connectivity index (χ0v) is 12.6. The fourth-order valence-corrected chi connectivity index (χ4v) is 2.72. The van der Waals surface area contributed by atoms with E-state index in [0.29, 0.717) is 28.4 Å². The van der Waals surface area contributed by atoms with Crippen molar-refractivity contribution in [1.29, 1.82) is 5.26 Å². The molecule has 7 nitrogen and oxygen atoms in total. The molecule has 0 amide bonds. The number of rotatable bonds is 3. The van der Waals surface area contributed by atoms with Crippen molar-refractivity contribution in [3.05, 3.63) is 46.6 Å². The Hall–Kier alpha value is -3.14. The van der Waals surface area contributed by atoms with Gasteiger partial charge in [-0.25, -0.2) is 4.79 Å². The number of methoxy groups -OCH3 is 2. The molecule has 2 N–H and O–H groups in total. The van der Waals surface area contributed by atoms with Gasteiger partial charge in [-0.3, -0.25) is 0 Å². The highest BCUT2D eigenvalue weighted by molar-refractivity contribution is 5.94. The van der Waals surface area contributed by atoms with Crippen molar-refractivity contribution in [2.45, 2.75) is 5.92 Å². The number of allylic oxidation sites excluding steroid dienone is 1. The lowest BCUT2D eigenvalue weighted by atomic mass is 9.83. The van der Waals surface area contributed by atoms with Crippen molar-refractivity contribution in [3.8, 4) is 17.6 Å². The molecule has 0 spiro atoms. The van der Waals surface area contributed by atoms with Crippen molar-refractivity contribution in [3.63, 3.8) is 0 Å². The third-order valence-corrected chi connectivity index (χ3v) is 3.79. The lowest BCUT2D eigenvalue weighted by Crippen LogP contribution is -2.21. The molecule has 0 saturated heterocycles. The maximum Gasteiger partial charge on any atom is 0.339 e. The first kappa shape index (κ1) is 14.8. The minimum atomic E-state index is -0.654. The van der Waals surface area contributed by atoms with Crippen LogP contribution in [0.4, 0.5) is 0 Å². The molecule has 0 aromatic heterocycles. The van der Waals surface area contributed by atoms with Gasteiger partial charge in [0, 0.05) is 0 Å². The number of esters is 1. The van der Waals surface area contributed by atoms with E-state index in [-0.39, 0.29) is 18.1 Å². The Labute approximate surface area is 132 Å². The van der Waals surface area contributed by atoms with E-state index in [4.69, 9.17) is 24.7 Å². The molecule has 0 aliphatic carbocycles. The third kappa shape index (κ3) is 2.25. The molecule has 1 atom stereocenters. The Morgan fingerprint density at radius 2 is 2.04 bits per heavy atom. The van der Waals surface area contributed by atoms with Crippen LogP contribution in [0, 0.1) is 11.3 Å². The van der Waals surface area contributed by atoms with Gasteiger partial charge in [-0.15, -0.1) is 0 Å².